The second-order valence-electron chi connectivity index (χ2n) is 12.0. The molecule has 1 saturated carbocycles. The van der Waals surface area contributed by atoms with E-state index in [0.29, 0.717) is 38.4 Å². The zero-order valence-corrected chi connectivity index (χ0v) is 24.0. The minimum absolute atomic E-state index is 0.124. The molecule has 4 rings (SSSR count). The molecule has 3 aliphatic rings. The molecule has 0 aromatic carbocycles. The highest BCUT2D eigenvalue weighted by molar-refractivity contribution is 7.88. The number of aryl methyl sites for hydroxylation is 1. The lowest BCUT2D eigenvalue weighted by Gasteiger charge is -2.37. The first-order valence-corrected chi connectivity index (χ1v) is 16.2. The van der Waals surface area contributed by atoms with E-state index in [2.05, 4.69) is 10.0 Å². The van der Waals surface area contributed by atoms with Gasteiger partial charge in [0.25, 0.3) is 11.5 Å². The maximum atomic E-state index is 13.7. The molecule has 212 valence electrons. The van der Waals surface area contributed by atoms with Gasteiger partial charge in [0.1, 0.15) is 11.1 Å². The maximum absolute atomic E-state index is 13.7. The minimum Gasteiger partial charge on any atom is -0.341 e. The lowest BCUT2D eigenvalue weighted by Crippen LogP contribution is -2.58. The number of hydrogen-bond acceptors (Lipinski definition) is 5. The standard InChI is InChI=1S/C28H44N4O5S/c1-28(2,27(35)31-16-14-22(15-17-31)30-38(3,36)37)29-25(33)23-18-21-12-8-5-9-13-24(21)32(26(23)34)19-20-10-6-4-7-11-20/h18,20,22,30H,4-17,19H2,1-3H3,(H,29,33). The summed E-state index contributed by atoms with van der Waals surface area (Å²) in [5.41, 5.74) is 0.855. The summed E-state index contributed by atoms with van der Waals surface area (Å²) in [6, 6.07) is 1.58. The Bertz CT molecular complexity index is 1190. The first-order chi connectivity index (χ1) is 17.9. The molecule has 38 heavy (non-hydrogen) atoms. The number of carbonyl (C=O) groups excluding carboxylic acids is 2. The second-order valence-corrected chi connectivity index (χ2v) is 13.8. The highest BCUT2D eigenvalue weighted by Crippen LogP contribution is 2.27. The number of nitrogens with one attached hydrogen (secondary N) is 2. The Morgan fingerprint density at radius 2 is 1.61 bits per heavy atom. The van der Waals surface area contributed by atoms with E-state index in [9.17, 15) is 22.8 Å². The molecule has 0 atom stereocenters. The van der Waals surface area contributed by atoms with Crippen molar-refractivity contribution in [1.82, 2.24) is 19.5 Å². The first-order valence-electron chi connectivity index (χ1n) is 14.3. The third kappa shape index (κ3) is 7.05. The molecule has 2 amide bonds. The monoisotopic (exact) mass is 548 g/mol. The summed E-state index contributed by atoms with van der Waals surface area (Å²) in [7, 11) is -3.30. The van der Waals surface area contributed by atoms with E-state index in [0.717, 1.165) is 62.5 Å². The molecule has 0 bridgehead atoms. The van der Waals surface area contributed by atoms with Gasteiger partial charge in [-0.05, 0) is 82.8 Å². The zero-order valence-electron chi connectivity index (χ0n) is 23.2. The summed E-state index contributed by atoms with van der Waals surface area (Å²) in [6.45, 7) is 4.80. The van der Waals surface area contributed by atoms with Gasteiger partial charge in [0.2, 0.25) is 15.9 Å². The molecule has 1 saturated heterocycles. The molecule has 2 fully saturated rings. The van der Waals surface area contributed by atoms with Gasteiger partial charge in [0.05, 0.1) is 6.26 Å². The number of nitrogens with zero attached hydrogens (tertiary/aromatic N) is 2. The fraction of sp³-hybridized carbons (Fsp3) is 0.750. The Morgan fingerprint density at radius 1 is 0.974 bits per heavy atom. The van der Waals surface area contributed by atoms with Gasteiger partial charge >= 0.3 is 0 Å². The number of piperidine rings is 1. The molecule has 0 unspecified atom stereocenters. The summed E-state index contributed by atoms with van der Waals surface area (Å²) in [5.74, 6) is -0.280. The van der Waals surface area contributed by atoms with Crippen molar-refractivity contribution in [1.29, 1.82) is 0 Å². The van der Waals surface area contributed by atoms with Gasteiger partial charge in [-0.3, -0.25) is 14.4 Å². The van der Waals surface area contributed by atoms with Crippen LogP contribution in [0.4, 0.5) is 0 Å². The van der Waals surface area contributed by atoms with Crippen LogP contribution in [0.1, 0.15) is 99.7 Å². The number of fused-ring (bicyclic) bond motifs is 1. The van der Waals surface area contributed by atoms with E-state index in [-0.39, 0.29) is 23.1 Å². The molecular formula is C28H44N4O5S. The first kappa shape index (κ1) is 28.8. The lowest BCUT2D eigenvalue weighted by atomic mass is 9.89. The Kier molecular flexibility index (Phi) is 9.02. The van der Waals surface area contributed by atoms with Crippen molar-refractivity contribution in [2.75, 3.05) is 19.3 Å². The quantitative estimate of drug-likeness (QED) is 0.508. The van der Waals surface area contributed by atoms with Crippen molar-refractivity contribution in [2.45, 2.75) is 109 Å². The predicted octanol–water partition coefficient (Wildman–Crippen LogP) is 2.75. The SMILES string of the molecule is CC(C)(NC(=O)c1cc2c(n(CC3CCCCC3)c1=O)CCCCC2)C(=O)N1CCC(NS(C)(=O)=O)CC1. The summed E-state index contributed by atoms with van der Waals surface area (Å²) >= 11 is 0. The third-order valence-electron chi connectivity index (χ3n) is 8.38. The van der Waals surface area contributed by atoms with E-state index in [1.54, 1.807) is 24.8 Å². The lowest BCUT2D eigenvalue weighted by molar-refractivity contribution is -0.137. The van der Waals surface area contributed by atoms with E-state index >= 15 is 0 Å². The molecule has 2 aliphatic carbocycles. The number of likely N-dealkylation sites (tertiary alicyclic amines) is 1. The van der Waals surface area contributed by atoms with Crippen LogP contribution in [0.3, 0.4) is 0 Å². The van der Waals surface area contributed by atoms with Crippen LogP contribution < -0.4 is 15.6 Å². The largest absolute Gasteiger partial charge is 0.341 e. The number of pyridine rings is 1. The molecule has 2 N–H and O–H groups in total. The van der Waals surface area contributed by atoms with E-state index in [4.69, 9.17) is 0 Å². The molecule has 0 radical (unpaired) electrons. The van der Waals surface area contributed by atoms with Crippen molar-refractivity contribution < 1.29 is 18.0 Å². The van der Waals surface area contributed by atoms with Gasteiger partial charge in [0.15, 0.2) is 0 Å². The normalized spacial score (nSPS) is 20.0. The average Bonchev–Trinajstić information content (AvgIpc) is 3.10. The van der Waals surface area contributed by atoms with Crippen LogP contribution >= 0.6 is 0 Å². The van der Waals surface area contributed by atoms with Gasteiger partial charge < -0.3 is 14.8 Å². The summed E-state index contributed by atoms with van der Waals surface area (Å²) < 4.78 is 27.6. The molecule has 1 aliphatic heterocycles. The highest BCUT2D eigenvalue weighted by Gasteiger charge is 2.36. The van der Waals surface area contributed by atoms with Crippen molar-refractivity contribution in [3.05, 3.63) is 33.2 Å². The molecule has 2 heterocycles. The fourth-order valence-electron chi connectivity index (χ4n) is 6.34. The number of amides is 2. The van der Waals surface area contributed by atoms with Crippen molar-refractivity contribution in [2.24, 2.45) is 5.92 Å². The molecule has 0 spiro atoms. The molecule has 1 aromatic heterocycles. The van der Waals surface area contributed by atoms with E-state index in [1.807, 2.05) is 4.57 Å². The van der Waals surface area contributed by atoms with Gasteiger partial charge in [-0.15, -0.1) is 0 Å². The van der Waals surface area contributed by atoms with E-state index in [1.165, 1.54) is 19.3 Å². The number of sulfonamides is 1. The predicted molar refractivity (Wildman–Crippen MR) is 148 cm³/mol. The van der Waals surface area contributed by atoms with Crippen LogP contribution in [0.15, 0.2) is 10.9 Å². The number of aromatic nitrogens is 1. The summed E-state index contributed by atoms with van der Waals surface area (Å²) in [4.78, 5) is 42.3. The Morgan fingerprint density at radius 3 is 2.26 bits per heavy atom. The van der Waals surface area contributed by atoms with Crippen molar-refractivity contribution >= 4 is 21.8 Å². The van der Waals surface area contributed by atoms with E-state index < -0.39 is 21.5 Å². The van der Waals surface area contributed by atoms with Crippen LogP contribution in [-0.4, -0.2) is 60.6 Å². The molecule has 10 heteroatoms. The Labute approximate surface area is 226 Å². The van der Waals surface area contributed by atoms with Crippen LogP contribution in [0.25, 0.3) is 0 Å². The third-order valence-corrected chi connectivity index (χ3v) is 9.15. The van der Waals surface area contributed by atoms with Gasteiger partial charge in [-0.1, -0.05) is 25.7 Å². The van der Waals surface area contributed by atoms with Gasteiger partial charge in [0, 0.05) is 31.4 Å². The molecular weight excluding hydrogens is 504 g/mol. The highest BCUT2D eigenvalue weighted by atomic mass is 32.2. The number of hydrogen-bond donors (Lipinski definition) is 2. The van der Waals surface area contributed by atoms with Crippen molar-refractivity contribution in [3.8, 4) is 0 Å². The van der Waals surface area contributed by atoms with Gasteiger partial charge in [-0.2, -0.15) is 0 Å². The fourth-order valence-corrected chi connectivity index (χ4v) is 7.19. The second kappa shape index (κ2) is 11.9. The minimum atomic E-state index is -3.30. The van der Waals surface area contributed by atoms with Crippen molar-refractivity contribution in [3.63, 3.8) is 0 Å². The van der Waals surface area contributed by atoms with Crippen LogP contribution in [-0.2, 0) is 34.2 Å². The topological polar surface area (TPSA) is 118 Å². The average molecular weight is 549 g/mol. The molecule has 1 aromatic rings. The zero-order chi connectivity index (χ0) is 27.5. The number of carbonyl (C=O) groups is 2. The van der Waals surface area contributed by atoms with Crippen LogP contribution in [0.5, 0.6) is 0 Å². The van der Waals surface area contributed by atoms with Gasteiger partial charge in [-0.25, -0.2) is 13.1 Å². The Balaban J connectivity index is 1.51. The van der Waals surface area contributed by atoms with Crippen LogP contribution in [0, 0.1) is 5.92 Å². The Hall–Kier alpha value is -2.20. The number of rotatable bonds is 7. The summed E-state index contributed by atoms with van der Waals surface area (Å²) in [6.07, 6.45) is 13.0. The summed E-state index contributed by atoms with van der Waals surface area (Å²) in [5, 5.41) is 2.86. The smallest absolute Gasteiger partial charge is 0.263 e. The molecule has 9 nitrogen and oxygen atoms in total. The van der Waals surface area contributed by atoms with Crippen LogP contribution in [0.2, 0.25) is 0 Å². The maximum Gasteiger partial charge on any atom is 0.263 e.